The molecule has 1 heterocycles. The molecule has 21 heavy (non-hydrogen) atoms. The van der Waals surface area contributed by atoms with Gasteiger partial charge in [-0.3, -0.25) is 4.98 Å². The fourth-order valence-corrected chi connectivity index (χ4v) is 1.62. The predicted octanol–water partition coefficient (Wildman–Crippen LogP) is 8.45. The molecule has 1 aromatic carbocycles. The largest absolute Gasteiger partial charge is 0.256 e. The average Bonchev–Trinajstić information content (AvgIpc) is 2.17. The summed E-state index contributed by atoms with van der Waals surface area (Å²) in [6.07, 6.45) is 1.89. The third kappa shape index (κ3) is 9.23. The van der Waals surface area contributed by atoms with E-state index in [1.807, 2.05) is 12.3 Å². The van der Waals surface area contributed by atoms with Crippen LogP contribution in [0.25, 0.3) is 10.9 Å². The molecule has 0 saturated carbocycles. The Hall–Kier alpha value is -1.37. The summed E-state index contributed by atoms with van der Waals surface area (Å²) in [6.45, 7) is 4.42. The second kappa shape index (κ2) is 18.6. The van der Waals surface area contributed by atoms with E-state index in [0.29, 0.717) is 5.92 Å². The first-order valence-electron chi connectivity index (χ1n) is 4.62. The molecule has 1 nitrogen and oxygen atoms in total. The van der Waals surface area contributed by atoms with Gasteiger partial charge in [0.25, 0.3) is 0 Å². The molecule has 0 aliphatic rings. The van der Waals surface area contributed by atoms with Gasteiger partial charge in [-0.1, -0.05) is 91.5 Å². The number of hydrogen-bond donors (Lipinski definition) is 0. The Bertz CT molecular complexity index is 414. The summed E-state index contributed by atoms with van der Waals surface area (Å²) in [5.74, 6) is 0.563. The standard InChI is InChI=1S/C12H13N.8CH4/c1-9(2)10-7-8-13-12-6-4-3-5-11(10)12;;;;;;;;/h3-9H,1-2H3;8*1H4. The number of rotatable bonds is 1. The van der Waals surface area contributed by atoms with Gasteiger partial charge in [0.2, 0.25) is 0 Å². The van der Waals surface area contributed by atoms with Gasteiger partial charge in [-0.05, 0) is 23.6 Å². The minimum absolute atomic E-state index is 0. The van der Waals surface area contributed by atoms with Crippen molar-refractivity contribution in [3.05, 3.63) is 42.1 Å². The quantitative estimate of drug-likeness (QED) is 0.514. The number of fused-ring (bicyclic) bond motifs is 1. The maximum atomic E-state index is 4.32. The number of para-hydroxylation sites is 1. The molecule has 0 spiro atoms. The monoisotopic (exact) mass is 299 g/mol. The molecule has 0 aliphatic heterocycles. The summed E-state index contributed by atoms with van der Waals surface area (Å²) in [4.78, 5) is 4.32. The molecule has 0 fully saturated rings. The second-order valence-corrected chi connectivity index (χ2v) is 3.57. The van der Waals surface area contributed by atoms with E-state index in [4.69, 9.17) is 0 Å². The molecule has 0 saturated heterocycles. The van der Waals surface area contributed by atoms with Crippen LogP contribution in [0.4, 0.5) is 0 Å². The third-order valence-electron chi connectivity index (χ3n) is 2.30. The van der Waals surface area contributed by atoms with E-state index in [-0.39, 0.29) is 59.4 Å². The van der Waals surface area contributed by atoms with Crippen molar-refractivity contribution in [2.45, 2.75) is 79.2 Å². The zero-order chi connectivity index (χ0) is 9.26. The van der Waals surface area contributed by atoms with Crippen LogP contribution in [0.5, 0.6) is 0 Å². The Balaban J connectivity index is -0.0000000490. The van der Waals surface area contributed by atoms with Gasteiger partial charge < -0.3 is 0 Å². The summed E-state index contributed by atoms with van der Waals surface area (Å²) < 4.78 is 0. The average molecular weight is 300 g/mol. The van der Waals surface area contributed by atoms with Gasteiger partial charge in [0, 0.05) is 11.6 Å². The molecule has 130 valence electrons. The topological polar surface area (TPSA) is 12.9 Å². The molecule has 2 rings (SSSR count). The van der Waals surface area contributed by atoms with Crippen molar-refractivity contribution in [1.82, 2.24) is 4.98 Å². The SMILES string of the molecule is C.C.C.C.C.C.C.C.CC(C)c1ccnc2ccccc12. The summed E-state index contributed by atoms with van der Waals surface area (Å²) in [5, 5.41) is 1.28. The van der Waals surface area contributed by atoms with E-state index in [9.17, 15) is 0 Å². The summed E-state index contributed by atoms with van der Waals surface area (Å²) >= 11 is 0. The van der Waals surface area contributed by atoms with Gasteiger partial charge in [-0.25, -0.2) is 0 Å². The number of nitrogens with zero attached hydrogens (tertiary/aromatic N) is 1. The van der Waals surface area contributed by atoms with E-state index in [0.717, 1.165) is 5.52 Å². The molecule has 1 aromatic heterocycles. The fraction of sp³-hybridized carbons (Fsp3) is 0.550. The van der Waals surface area contributed by atoms with Gasteiger partial charge in [-0.15, -0.1) is 0 Å². The molecule has 0 atom stereocenters. The maximum Gasteiger partial charge on any atom is 0.0704 e. The summed E-state index contributed by atoms with van der Waals surface area (Å²) in [6, 6.07) is 10.4. The molecule has 0 radical (unpaired) electrons. The number of hydrogen-bond acceptors (Lipinski definition) is 1. The van der Waals surface area contributed by atoms with Crippen molar-refractivity contribution in [3.63, 3.8) is 0 Å². The molecule has 2 aromatic rings. The molecule has 0 amide bonds. The van der Waals surface area contributed by atoms with E-state index in [1.165, 1.54) is 10.9 Å². The maximum absolute atomic E-state index is 4.32. The minimum atomic E-state index is 0. The fourth-order valence-electron chi connectivity index (χ4n) is 1.62. The summed E-state index contributed by atoms with van der Waals surface area (Å²) in [7, 11) is 0. The van der Waals surface area contributed by atoms with Gasteiger partial charge in [0.15, 0.2) is 0 Å². The second-order valence-electron chi connectivity index (χ2n) is 3.57. The van der Waals surface area contributed by atoms with Crippen LogP contribution in [-0.2, 0) is 0 Å². The number of aromatic nitrogens is 1. The predicted molar refractivity (Wildman–Crippen MR) is 110 cm³/mol. The lowest BCUT2D eigenvalue weighted by molar-refractivity contribution is 0.874. The Kier molecular flexibility index (Phi) is 37.9. The molecule has 0 N–H and O–H groups in total. The lowest BCUT2D eigenvalue weighted by atomic mass is 9.99. The molecule has 0 aliphatic carbocycles. The van der Waals surface area contributed by atoms with Crippen molar-refractivity contribution < 1.29 is 0 Å². The van der Waals surface area contributed by atoms with E-state index in [2.05, 4.69) is 43.1 Å². The van der Waals surface area contributed by atoms with Crippen LogP contribution in [0.1, 0.15) is 84.7 Å². The first-order valence-corrected chi connectivity index (χ1v) is 4.62. The lowest BCUT2D eigenvalue weighted by Crippen LogP contribution is -1.90. The van der Waals surface area contributed by atoms with Crippen molar-refractivity contribution in [2.24, 2.45) is 0 Å². The van der Waals surface area contributed by atoms with E-state index >= 15 is 0 Å². The van der Waals surface area contributed by atoms with Crippen LogP contribution >= 0.6 is 0 Å². The van der Waals surface area contributed by atoms with E-state index < -0.39 is 0 Å². The van der Waals surface area contributed by atoms with Crippen LogP contribution in [0.3, 0.4) is 0 Å². The highest BCUT2D eigenvalue weighted by Crippen LogP contribution is 2.22. The van der Waals surface area contributed by atoms with Gasteiger partial charge >= 0.3 is 0 Å². The third-order valence-corrected chi connectivity index (χ3v) is 2.30. The Morgan fingerprint density at radius 1 is 0.714 bits per heavy atom. The Morgan fingerprint density at radius 2 is 1.19 bits per heavy atom. The molecular formula is C20H45N. The minimum Gasteiger partial charge on any atom is -0.256 e. The van der Waals surface area contributed by atoms with Crippen LogP contribution < -0.4 is 0 Å². The van der Waals surface area contributed by atoms with Crippen LogP contribution in [-0.4, -0.2) is 4.98 Å². The highest BCUT2D eigenvalue weighted by molar-refractivity contribution is 5.82. The van der Waals surface area contributed by atoms with Crippen LogP contribution in [0.15, 0.2) is 36.5 Å². The first kappa shape index (κ1) is 42.7. The van der Waals surface area contributed by atoms with Crippen molar-refractivity contribution in [1.29, 1.82) is 0 Å². The number of benzene rings is 1. The summed E-state index contributed by atoms with van der Waals surface area (Å²) in [5.41, 5.74) is 2.47. The lowest BCUT2D eigenvalue weighted by Gasteiger charge is -2.08. The molecule has 0 unspecified atom stereocenters. The van der Waals surface area contributed by atoms with Crippen LogP contribution in [0.2, 0.25) is 0 Å². The molecule has 1 heteroatoms. The van der Waals surface area contributed by atoms with Crippen molar-refractivity contribution >= 4 is 10.9 Å². The van der Waals surface area contributed by atoms with E-state index in [1.54, 1.807) is 0 Å². The van der Waals surface area contributed by atoms with Gasteiger partial charge in [-0.2, -0.15) is 0 Å². The Labute approximate surface area is 137 Å². The van der Waals surface area contributed by atoms with Crippen LogP contribution in [0, 0.1) is 0 Å². The number of pyridine rings is 1. The highest BCUT2D eigenvalue weighted by atomic mass is 14.6. The zero-order valence-corrected chi connectivity index (χ0v) is 7.99. The van der Waals surface area contributed by atoms with Gasteiger partial charge in [0.1, 0.15) is 0 Å². The highest BCUT2D eigenvalue weighted by Gasteiger charge is 2.03. The van der Waals surface area contributed by atoms with Gasteiger partial charge in [0.05, 0.1) is 5.52 Å². The molecule has 0 bridgehead atoms. The molecular weight excluding hydrogens is 254 g/mol. The van der Waals surface area contributed by atoms with Crippen molar-refractivity contribution in [3.8, 4) is 0 Å². The smallest absolute Gasteiger partial charge is 0.0704 e. The zero-order valence-electron chi connectivity index (χ0n) is 7.99. The Morgan fingerprint density at radius 3 is 1.67 bits per heavy atom. The first-order chi connectivity index (χ1) is 6.29. The normalized spacial score (nSPS) is 6.81. The van der Waals surface area contributed by atoms with Crippen molar-refractivity contribution in [2.75, 3.05) is 0 Å².